The molecule has 0 atom stereocenters. The fourth-order valence-corrected chi connectivity index (χ4v) is 3.12. The van der Waals surface area contributed by atoms with E-state index in [0.717, 1.165) is 23.4 Å². The van der Waals surface area contributed by atoms with Crippen molar-refractivity contribution in [3.8, 4) is 0 Å². The topological polar surface area (TPSA) is 42.0 Å². The van der Waals surface area contributed by atoms with Crippen LogP contribution in [0, 0.1) is 6.92 Å². The molecule has 0 saturated heterocycles. The maximum absolute atomic E-state index is 11.9. The SMILES string of the molecule is Cc1ncsc1CC(=O)NC1CCCCCC1. The molecule has 3 nitrogen and oxygen atoms in total. The molecule has 4 heteroatoms. The highest BCUT2D eigenvalue weighted by atomic mass is 32.1. The fraction of sp³-hybridized carbons (Fsp3) is 0.692. The summed E-state index contributed by atoms with van der Waals surface area (Å²) >= 11 is 1.57. The maximum Gasteiger partial charge on any atom is 0.225 e. The number of nitrogens with zero attached hydrogens (tertiary/aromatic N) is 1. The van der Waals surface area contributed by atoms with Crippen molar-refractivity contribution in [3.05, 3.63) is 16.1 Å². The first kappa shape index (κ1) is 12.6. The Morgan fingerprint density at radius 1 is 1.41 bits per heavy atom. The average molecular weight is 252 g/mol. The quantitative estimate of drug-likeness (QED) is 0.840. The summed E-state index contributed by atoms with van der Waals surface area (Å²) in [6, 6.07) is 0.401. The Morgan fingerprint density at radius 2 is 2.12 bits per heavy atom. The number of aryl methyl sites for hydroxylation is 1. The van der Waals surface area contributed by atoms with Crippen LogP contribution < -0.4 is 5.32 Å². The first-order chi connectivity index (χ1) is 8.25. The number of rotatable bonds is 3. The van der Waals surface area contributed by atoms with Gasteiger partial charge in [-0.25, -0.2) is 4.98 Å². The van der Waals surface area contributed by atoms with Gasteiger partial charge in [-0.2, -0.15) is 0 Å². The first-order valence-electron chi connectivity index (χ1n) is 6.44. The van der Waals surface area contributed by atoms with Crippen molar-refractivity contribution >= 4 is 17.2 Å². The molecule has 0 radical (unpaired) electrons. The summed E-state index contributed by atoms with van der Waals surface area (Å²) in [6.45, 7) is 1.96. The van der Waals surface area contributed by atoms with Crippen molar-refractivity contribution in [1.29, 1.82) is 0 Å². The Kier molecular flexibility index (Phi) is 4.54. The number of thiazole rings is 1. The lowest BCUT2D eigenvalue weighted by Gasteiger charge is -2.15. The summed E-state index contributed by atoms with van der Waals surface area (Å²) in [4.78, 5) is 17.2. The van der Waals surface area contributed by atoms with Crippen molar-refractivity contribution in [2.24, 2.45) is 0 Å². The smallest absolute Gasteiger partial charge is 0.225 e. The van der Waals surface area contributed by atoms with Crippen LogP contribution in [0.1, 0.15) is 49.1 Å². The van der Waals surface area contributed by atoms with E-state index in [1.165, 1.54) is 25.7 Å². The molecule has 0 unspecified atom stereocenters. The van der Waals surface area contributed by atoms with Gasteiger partial charge in [-0.1, -0.05) is 25.7 Å². The lowest BCUT2D eigenvalue weighted by atomic mass is 10.1. The van der Waals surface area contributed by atoms with Crippen molar-refractivity contribution in [1.82, 2.24) is 10.3 Å². The Bertz CT molecular complexity index is 367. The molecule has 1 aliphatic carbocycles. The third-order valence-corrected chi connectivity index (χ3v) is 4.32. The van der Waals surface area contributed by atoms with Gasteiger partial charge in [0.05, 0.1) is 17.6 Å². The van der Waals surface area contributed by atoms with E-state index in [-0.39, 0.29) is 5.91 Å². The number of nitrogens with one attached hydrogen (secondary N) is 1. The van der Waals surface area contributed by atoms with E-state index in [9.17, 15) is 4.79 Å². The van der Waals surface area contributed by atoms with Gasteiger partial charge in [0.1, 0.15) is 0 Å². The Hall–Kier alpha value is -0.900. The van der Waals surface area contributed by atoms with Crippen LogP contribution in [-0.2, 0) is 11.2 Å². The van der Waals surface area contributed by atoms with E-state index in [0.29, 0.717) is 12.5 Å². The Morgan fingerprint density at radius 3 is 2.71 bits per heavy atom. The third kappa shape index (κ3) is 3.80. The second-order valence-electron chi connectivity index (χ2n) is 4.79. The van der Waals surface area contributed by atoms with Crippen LogP contribution in [0.15, 0.2) is 5.51 Å². The molecule has 2 rings (SSSR count). The molecule has 0 bridgehead atoms. The summed E-state index contributed by atoms with van der Waals surface area (Å²) in [7, 11) is 0. The van der Waals surface area contributed by atoms with Gasteiger partial charge in [-0.3, -0.25) is 4.79 Å². The highest BCUT2D eigenvalue weighted by Crippen LogP contribution is 2.18. The molecule has 1 aromatic heterocycles. The monoisotopic (exact) mass is 252 g/mol. The van der Waals surface area contributed by atoms with Gasteiger partial charge >= 0.3 is 0 Å². The van der Waals surface area contributed by atoms with Gasteiger partial charge in [0.2, 0.25) is 5.91 Å². The van der Waals surface area contributed by atoms with Gasteiger partial charge in [-0.05, 0) is 19.8 Å². The molecule has 1 fully saturated rings. The molecule has 0 spiro atoms. The van der Waals surface area contributed by atoms with Gasteiger partial charge in [0, 0.05) is 10.9 Å². The predicted octanol–water partition coefficient (Wildman–Crippen LogP) is 2.83. The average Bonchev–Trinajstić information content (AvgIpc) is 2.55. The summed E-state index contributed by atoms with van der Waals surface area (Å²) in [5.74, 6) is 0.157. The first-order valence-corrected chi connectivity index (χ1v) is 7.32. The fourth-order valence-electron chi connectivity index (χ4n) is 2.34. The van der Waals surface area contributed by atoms with E-state index >= 15 is 0 Å². The number of hydrogen-bond acceptors (Lipinski definition) is 3. The molecule has 1 amide bonds. The molecule has 0 aliphatic heterocycles. The Balaban J connectivity index is 1.82. The molecule has 1 heterocycles. The van der Waals surface area contributed by atoms with E-state index in [1.54, 1.807) is 11.3 Å². The summed E-state index contributed by atoms with van der Waals surface area (Å²) in [6.07, 6.45) is 7.93. The minimum atomic E-state index is 0.157. The number of amides is 1. The molecular formula is C13H20N2OS. The van der Waals surface area contributed by atoms with E-state index in [1.807, 2.05) is 12.4 Å². The number of hydrogen-bond donors (Lipinski definition) is 1. The summed E-state index contributed by atoms with van der Waals surface area (Å²) in [5.41, 5.74) is 2.80. The van der Waals surface area contributed by atoms with Gasteiger partial charge in [-0.15, -0.1) is 11.3 Å². The second-order valence-corrected chi connectivity index (χ2v) is 5.73. The highest BCUT2D eigenvalue weighted by Gasteiger charge is 2.15. The normalized spacial score (nSPS) is 17.7. The largest absolute Gasteiger partial charge is 0.353 e. The number of aromatic nitrogens is 1. The maximum atomic E-state index is 11.9. The third-order valence-electron chi connectivity index (χ3n) is 3.39. The van der Waals surface area contributed by atoms with Crippen molar-refractivity contribution in [2.75, 3.05) is 0 Å². The predicted molar refractivity (Wildman–Crippen MR) is 70.2 cm³/mol. The minimum Gasteiger partial charge on any atom is -0.353 e. The van der Waals surface area contributed by atoms with Crippen LogP contribution in [-0.4, -0.2) is 16.9 Å². The van der Waals surface area contributed by atoms with Gasteiger partial charge in [0.15, 0.2) is 0 Å². The number of carbonyl (C=O) groups is 1. The number of carbonyl (C=O) groups excluding carboxylic acids is 1. The zero-order valence-corrected chi connectivity index (χ0v) is 11.2. The second kappa shape index (κ2) is 6.15. The van der Waals surface area contributed by atoms with Gasteiger partial charge in [0.25, 0.3) is 0 Å². The zero-order chi connectivity index (χ0) is 12.1. The van der Waals surface area contributed by atoms with Crippen LogP contribution in [0.3, 0.4) is 0 Å². The molecule has 1 N–H and O–H groups in total. The van der Waals surface area contributed by atoms with Crippen LogP contribution in [0.2, 0.25) is 0 Å². The minimum absolute atomic E-state index is 0.157. The lowest BCUT2D eigenvalue weighted by molar-refractivity contribution is -0.121. The zero-order valence-electron chi connectivity index (χ0n) is 10.4. The van der Waals surface area contributed by atoms with Crippen LogP contribution in [0.4, 0.5) is 0 Å². The molecule has 1 saturated carbocycles. The summed E-state index contributed by atoms with van der Waals surface area (Å²) in [5, 5.41) is 3.16. The molecule has 1 aromatic rings. The van der Waals surface area contributed by atoms with E-state index in [2.05, 4.69) is 10.3 Å². The van der Waals surface area contributed by atoms with Crippen LogP contribution in [0.5, 0.6) is 0 Å². The van der Waals surface area contributed by atoms with Crippen molar-refractivity contribution < 1.29 is 4.79 Å². The lowest BCUT2D eigenvalue weighted by Crippen LogP contribution is -2.35. The molecule has 1 aliphatic rings. The molecular weight excluding hydrogens is 232 g/mol. The van der Waals surface area contributed by atoms with Crippen LogP contribution in [0.25, 0.3) is 0 Å². The van der Waals surface area contributed by atoms with E-state index in [4.69, 9.17) is 0 Å². The molecule has 94 valence electrons. The molecule has 17 heavy (non-hydrogen) atoms. The van der Waals surface area contributed by atoms with E-state index < -0.39 is 0 Å². The van der Waals surface area contributed by atoms with Gasteiger partial charge < -0.3 is 5.32 Å². The highest BCUT2D eigenvalue weighted by molar-refractivity contribution is 7.09. The van der Waals surface area contributed by atoms with Crippen molar-refractivity contribution in [2.45, 2.75) is 57.9 Å². The molecule has 0 aromatic carbocycles. The Labute approximate surface area is 107 Å². The van der Waals surface area contributed by atoms with Crippen LogP contribution >= 0.6 is 11.3 Å². The van der Waals surface area contributed by atoms with Crippen molar-refractivity contribution in [3.63, 3.8) is 0 Å². The summed E-state index contributed by atoms with van der Waals surface area (Å²) < 4.78 is 0. The standard InChI is InChI=1S/C13H20N2OS/c1-10-12(17-9-14-10)8-13(16)15-11-6-4-2-3-5-7-11/h9,11H,2-8H2,1H3,(H,15,16).